The van der Waals surface area contributed by atoms with E-state index >= 15 is 0 Å². The Hall–Kier alpha value is -1.43. The highest BCUT2D eigenvalue weighted by molar-refractivity contribution is 5.69. The minimum Gasteiger partial charge on any atom is -0.480 e. The van der Waals surface area contributed by atoms with Gasteiger partial charge in [-0.25, -0.2) is 0 Å². The number of benzene rings is 1. The van der Waals surface area contributed by atoms with Crippen LogP contribution in [-0.4, -0.2) is 60.7 Å². The second-order valence-electron chi connectivity index (χ2n) is 5.20. The van der Waals surface area contributed by atoms with Gasteiger partial charge in [0.15, 0.2) is 0 Å². The topological polar surface area (TPSA) is 53.0 Å². The van der Waals surface area contributed by atoms with Crippen LogP contribution in [0.25, 0.3) is 0 Å². The maximum absolute atomic E-state index is 10.7. The van der Waals surface area contributed by atoms with E-state index in [1.165, 1.54) is 11.1 Å². The third-order valence-electron chi connectivity index (χ3n) is 3.56. The van der Waals surface area contributed by atoms with E-state index in [0.717, 1.165) is 32.7 Å². The van der Waals surface area contributed by atoms with Gasteiger partial charge in [-0.2, -0.15) is 0 Å². The number of carboxylic acid groups (broad SMARTS) is 1. The average molecular weight is 278 g/mol. The van der Waals surface area contributed by atoms with Crippen LogP contribution in [0.2, 0.25) is 0 Å². The van der Waals surface area contributed by atoms with Crippen LogP contribution in [0, 0.1) is 0 Å². The van der Waals surface area contributed by atoms with Gasteiger partial charge in [0.25, 0.3) is 0 Å². The van der Waals surface area contributed by atoms with E-state index in [-0.39, 0.29) is 6.54 Å². The lowest BCUT2D eigenvalue weighted by Crippen LogP contribution is -2.47. The Kier molecular flexibility index (Phi) is 5.52. The van der Waals surface area contributed by atoms with Gasteiger partial charge < -0.3 is 9.84 Å². The second kappa shape index (κ2) is 7.38. The highest BCUT2D eigenvalue weighted by Crippen LogP contribution is 2.10. The summed E-state index contributed by atoms with van der Waals surface area (Å²) in [6.07, 6.45) is 0. The number of methoxy groups -OCH3 is 1. The highest BCUT2D eigenvalue weighted by Gasteiger charge is 2.18. The van der Waals surface area contributed by atoms with Crippen molar-refractivity contribution in [2.75, 3.05) is 39.8 Å². The van der Waals surface area contributed by atoms with Gasteiger partial charge in [-0.15, -0.1) is 0 Å². The third kappa shape index (κ3) is 4.59. The number of rotatable bonds is 6. The molecule has 1 aliphatic rings. The zero-order valence-corrected chi connectivity index (χ0v) is 11.9. The van der Waals surface area contributed by atoms with E-state index in [9.17, 15) is 4.79 Å². The summed E-state index contributed by atoms with van der Waals surface area (Å²) in [5.74, 6) is -0.743. The number of hydrogen-bond acceptors (Lipinski definition) is 4. The van der Waals surface area contributed by atoms with E-state index in [2.05, 4.69) is 29.2 Å². The standard InChI is InChI=1S/C15H22N2O3/c1-20-12-14-4-2-13(3-5-14)10-16-6-8-17(9-7-16)11-15(18)19/h2-5H,6-12H2,1H3,(H,18,19). The van der Waals surface area contributed by atoms with Crippen LogP contribution in [-0.2, 0) is 22.7 Å². The van der Waals surface area contributed by atoms with Crippen LogP contribution < -0.4 is 0 Å². The molecule has 0 amide bonds. The van der Waals surface area contributed by atoms with E-state index in [0.29, 0.717) is 6.61 Å². The lowest BCUT2D eigenvalue weighted by molar-refractivity contribution is -0.138. The van der Waals surface area contributed by atoms with Crippen LogP contribution in [0.4, 0.5) is 0 Å². The number of carbonyl (C=O) groups is 1. The molecule has 5 heteroatoms. The molecule has 0 aromatic heterocycles. The molecule has 1 N–H and O–H groups in total. The van der Waals surface area contributed by atoms with E-state index in [4.69, 9.17) is 9.84 Å². The maximum atomic E-state index is 10.7. The molecule has 0 spiro atoms. The van der Waals surface area contributed by atoms with Crippen LogP contribution in [0.1, 0.15) is 11.1 Å². The summed E-state index contributed by atoms with van der Waals surface area (Å²) in [6.45, 7) is 5.23. The quantitative estimate of drug-likeness (QED) is 0.842. The van der Waals surface area contributed by atoms with Crippen molar-refractivity contribution >= 4 is 5.97 Å². The first kappa shape index (κ1) is 15.0. The first-order chi connectivity index (χ1) is 9.67. The molecule has 20 heavy (non-hydrogen) atoms. The molecule has 0 saturated carbocycles. The summed E-state index contributed by atoms with van der Waals surface area (Å²) in [6, 6.07) is 8.47. The van der Waals surface area contributed by atoms with Crippen molar-refractivity contribution < 1.29 is 14.6 Å². The molecule has 0 radical (unpaired) electrons. The summed E-state index contributed by atoms with van der Waals surface area (Å²) in [4.78, 5) is 15.0. The maximum Gasteiger partial charge on any atom is 0.317 e. The minimum atomic E-state index is -0.743. The molecule has 0 atom stereocenters. The van der Waals surface area contributed by atoms with Crippen molar-refractivity contribution in [2.24, 2.45) is 0 Å². The van der Waals surface area contributed by atoms with Gasteiger partial charge in [-0.3, -0.25) is 14.6 Å². The van der Waals surface area contributed by atoms with Crippen LogP contribution in [0.5, 0.6) is 0 Å². The van der Waals surface area contributed by atoms with Crippen LogP contribution in [0.3, 0.4) is 0 Å². The number of aliphatic carboxylic acids is 1. The van der Waals surface area contributed by atoms with Crippen LogP contribution >= 0.6 is 0 Å². The molecule has 1 saturated heterocycles. The lowest BCUT2D eigenvalue weighted by Gasteiger charge is -2.33. The normalized spacial score (nSPS) is 17.2. The molecule has 1 fully saturated rings. The molecule has 110 valence electrons. The summed E-state index contributed by atoms with van der Waals surface area (Å²) >= 11 is 0. The predicted octanol–water partition coefficient (Wildman–Crippen LogP) is 1.04. The van der Waals surface area contributed by atoms with Gasteiger partial charge in [0.1, 0.15) is 0 Å². The minimum absolute atomic E-state index is 0.152. The summed E-state index contributed by atoms with van der Waals surface area (Å²) in [5.41, 5.74) is 2.47. The van der Waals surface area contributed by atoms with E-state index < -0.39 is 5.97 Å². The van der Waals surface area contributed by atoms with Crippen molar-refractivity contribution in [1.82, 2.24) is 9.80 Å². The largest absolute Gasteiger partial charge is 0.480 e. The fourth-order valence-electron chi connectivity index (χ4n) is 2.46. The molecule has 0 unspecified atom stereocenters. The summed E-state index contributed by atoms with van der Waals surface area (Å²) in [5, 5.41) is 8.77. The molecule has 1 aromatic rings. The van der Waals surface area contributed by atoms with Gasteiger partial charge in [0, 0.05) is 39.8 Å². The van der Waals surface area contributed by atoms with Crippen molar-refractivity contribution in [2.45, 2.75) is 13.2 Å². The fourth-order valence-corrected chi connectivity index (χ4v) is 2.46. The second-order valence-corrected chi connectivity index (χ2v) is 5.20. The SMILES string of the molecule is COCc1ccc(CN2CCN(CC(=O)O)CC2)cc1. The molecule has 0 bridgehead atoms. The zero-order chi connectivity index (χ0) is 14.4. The molecule has 0 aliphatic carbocycles. The number of carboxylic acids is 1. The monoisotopic (exact) mass is 278 g/mol. The smallest absolute Gasteiger partial charge is 0.317 e. The van der Waals surface area contributed by atoms with E-state index in [1.807, 2.05) is 4.90 Å². The molecular formula is C15H22N2O3. The van der Waals surface area contributed by atoms with Gasteiger partial charge in [-0.05, 0) is 11.1 Å². The molecule has 1 heterocycles. The number of piperazine rings is 1. The third-order valence-corrected chi connectivity index (χ3v) is 3.56. The van der Waals surface area contributed by atoms with E-state index in [1.54, 1.807) is 7.11 Å². The Morgan fingerprint density at radius 1 is 1.10 bits per heavy atom. The molecule has 1 aromatic carbocycles. The lowest BCUT2D eigenvalue weighted by atomic mass is 10.1. The molecular weight excluding hydrogens is 256 g/mol. The summed E-state index contributed by atoms with van der Waals surface area (Å²) < 4.78 is 5.10. The van der Waals surface area contributed by atoms with Gasteiger partial charge in [0.2, 0.25) is 0 Å². The molecule has 1 aliphatic heterocycles. The highest BCUT2D eigenvalue weighted by atomic mass is 16.5. The van der Waals surface area contributed by atoms with Crippen molar-refractivity contribution in [3.63, 3.8) is 0 Å². The van der Waals surface area contributed by atoms with Crippen molar-refractivity contribution in [3.05, 3.63) is 35.4 Å². The average Bonchev–Trinajstić information content (AvgIpc) is 2.43. The molecule has 2 rings (SSSR count). The number of ether oxygens (including phenoxy) is 1. The Labute approximate surface area is 119 Å². The van der Waals surface area contributed by atoms with Gasteiger partial charge >= 0.3 is 5.97 Å². The molecule has 5 nitrogen and oxygen atoms in total. The first-order valence-electron chi connectivity index (χ1n) is 6.90. The van der Waals surface area contributed by atoms with Crippen molar-refractivity contribution in [3.8, 4) is 0 Å². The number of nitrogens with zero attached hydrogens (tertiary/aromatic N) is 2. The Bertz CT molecular complexity index is 425. The Morgan fingerprint density at radius 2 is 1.65 bits per heavy atom. The zero-order valence-electron chi connectivity index (χ0n) is 11.9. The van der Waals surface area contributed by atoms with Gasteiger partial charge in [-0.1, -0.05) is 24.3 Å². The van der Waals surface area contributed by atoms with Crippen molar-refractivity contribution in [1.29, 1.82) is 0 Å². The Morgan fingerprint density at radius 3 is 2.20 bits per heavy atom. The van der Waals surface area contributed by atoms with Gasteiger partial charge in [0.05, 0.1) is 13.2 Å². The first-order valence-corrected chi connectivity index (χ1v) is 6.90. The van der Waals surface area contributed by atoms with Crippen LogP contribution in [0.15, 0.2) is 24.3 Å². The predicted molar refractivity (Wildman–Crippen MR) is 76.5 cm³/mol. The number of hydrogen-bond donors (Lipinski definition) is 1. The Balaban J connectivity index is 1.78. The fraction of sp³-hybridized carbons (Fsp3) is 0.533. The summed E-state index contributed by atoms with van der Waals surface area (Å²) in [7, 11) is 1.70.